The van der Waals surface area contributed by atoms with Crippen LogP contribution < -0.4 is 5.32 Å². The molecule has 0 radical (unpaired) electrons. The fraction of sp³-hybridized carbons (Fsp3) is 0.111. The van der Waals surface area contributed by atoms with Gasteiger partial charge in [0, 0.05) is 0 Å². The smallest absolute Gasteiger partial charge is 0.319 e. The zero-order valence-electron chi connectivity index (χ0n) is 14.1. The highest BCUT2D eigenvalue weighted by atomic mass is 19.4. The molecule has 1 aromatic heterocycles. The first-order valence-electron chi connectivity index (χ1n) is 7.76. The number of hydrogen-bond donors (Lipinski definition) is 1. The predicted molar refractivity (Wildman–Crippen MR) is 87.6 cm³/mol. The fourth-order valence-corrected chi connectivity index (χ4v) is 2.52. The zero-order chi connectivity index (χ0) is 20.6. The third kappa shape index (κ3) is 3.57. The Bertz CT molecular complexity index is 1060. The maximum Gasteiger partial charge on any atom is 0.416 e. The molecule has 1 heterocycles. The second kappa shape index (κ2) is 7.02. The fourth-order valence-electron chi connectivity index (χ4n) is 2.52. The highest BCUT2D eigenvalue weighted by Crippen LogP contribution is 2.30. The van der Waals surface area contributed by atoms with Crippen LogP contribution in [-0.4, -0.2) is 15.7 Å². The molecule has 146 valence electrons. The largest absolute Gasteiger partial charge is 0.416 e. The number of carbonyl (C=O) groups is 1. The molecule has 0 bridgehead atoms. The van der Waals surface area contributed by atoms with Crippen molar-refractivity contribution in [3.8, 4) is 5.69 Å². The van der Waals surface area contributed by atoms with E-state index in [-0.39, 0.29) is 16.9 Å². The summed E-state index contributed by atoms with van der Waals surface area (Å²) in [5.74, 6) is -5.62. The Kier molecular flexibility index (Phi) is 4.88. The maximum absolute atomic E-state index is 13.7. The molecule has 0 fully saturated rings. The number of alkyl halides is 3. The lowest BCUT2D eigenvalue weighted by molar-refractivity contribution is -0.137. The van der Waals surface area contributed by atoms with Crippen LogP contribution in [0.15, 0.2) is 42.6 Å². The van der Waals surface area contributed by atoms with E-state index in [0.29, 0.717) is 6.07 Å². The summed E-state index contributed by atoms with van der Waals surface area (Å²) in [5.41, 5.74) is -1.34. The molecule has 0 aliphatic rings. The molecule has 3 aromatic rings. The summed E-state index contributed by atoms with van der Waals surface area (Å²) in [5, 5.41) is 5.97. The van der Waals surface area contributed by atoms with E-state index in [1.807, 2.05) is 0 Å². The van der Waals surface area contributed by atoms with Gasteiger partial charge in [0.05, 0.1) is 34.4 Å². The number of halogens is 6. The van der Waals surface area contributed by atoms with Crippen molar-refractivity contribution in [3.63, 3.8) is 0 Å². The Labute approximate surface area is 154 Å². The Hall–Kier alpha value is -3.30. The normalized spacial score (nSPS) is 11.5. The van der Waals surface area contributed by atoms with Gasteiger partial charge in [-0.05, 0) is 37.3 Å². The van der Waals surface area contributed by atoms with Gasteiger partial charge in [-0.1, -0.05) is 6.07 Å². The molecule has 0 aliphatic carbocycles. The summed E-state index contributed by atoms with van der Waals surface area (Å²) in [6.07, 6.45) is -3.48. The zero-order valence-corrected chi connectivity index (χ0v) is 14.1. The standard InChI is InChI=1S/C18H11F6N3O/c1-9-12(17(28)26-14-6-5-13(19)15(20)16(14)21)8-25-27(9)11-4-2-3-10(7-11)18(22,23)24/h2-8H,1H3,(H,26,28). The second-order valence-corrected chi connectivity index (χ2v) is 5.78. The molecule has 1 N–H and O–H groups in total. The van der Waals surface area contributed by atoms with Crippen molar-refractivity contribution >= 4 is 11.6 Å². The van der Waals surface area contributed by atoms with Gasteiger partial charge >= 0.3 is 6.18 Å². The Morgan fingerprint density at radius 1 is 1.07 bits per heavy atom. The number of amides is 1. The van der Waals surface area contributed by atoms with Gasteiger partial charge in [-0.2, -0.15) is 18.3 Å². The third-order valence-corrected chi connectivity index (χ3v) is 3.96. The lowest BCUT2D eigenvalue weighted by Crippen LogP contribution is -2.15. The minimum Gasteiger partial charge on any atom is -0.319 e. The van der Waals surface area contributed by atoms with Crippen molar-refractivity contribution in [3.05, 3.63) is 76.9 Å². The number of anilines is 1. The summed E-state index contributed by atoms with van der Waals surface area (Å²) in [7, 11) is 0. The number of hydrogen-bond acceptors (Lipinski definition) is 2. The molecule has 0 atom stereocenters. The van der Waals surface area contributed by atoms with Crippen molar-refractivity contribution < 1.29 is 31.1 Å². The summed E-state index contributed by atoms with van der Waals surface area (Å²) in [6, 6.07) is 5.80. The quantitative estimate of drug-likeness (QED) is 0.505. The third-order valence-electron chi connectivity index (χ3n) is 3.96. The molecule has 1 amide bonds. The lowest BCUT2D eigenvalue weighted by Gasteiger charge is -2.10. The highest BCUT2D eigenvalue weighted by Gasteiger charge is 2.30. The number of carbonyl (C=O) groups excluding carboxylic acids is 1. The van der Waals surface area contributed by atoms with Gasteiger partial charge < -0.3 is 5.32 Å². The van der Waals surface area contributed by atoms with Crippen molar-refractivity contribution in [1.82, 2.24) is 9.78 Å². The first-order valence-corrected chi connectivity index (χ1v) is 7.76. The van der Waals surface area contributed by atoms with E-state index in [0.717, 1.165) is 29.1 Å². The van der Waals surface area contributed by atoms with Crippen LogP contribution in [0.3, 0.4) is 0 Å². The molecule has 28 heavy (non-hydrogen) atoms. The number of rotatable bonds is 3. The van der Waals surface area contributed by atoms with Crippen LogP contribution >= 0.6 is 0 Å². The molecule has 0 unspecified atom stereocenters. The number of benzene rings is 2. The van der Waals surface area contributed by atoms with E-state index in [9.17, 15) is 31.1 Å². The SMILES string of the molecule is Cc1c(C(=O)Nc2ccc(F)c(F)c2F)cnn1-c1cccc(C(F)(F)F)c1. The van der Waals surface area contributed by atoms with Crippen LogP contribution in [0.2, 0.25) is 0 Å². The van der Waals surface area contributed by atoms with Crippen molar-refractivity contribution in [2.24, 2.45) is 0 Å². The van der Waals surface area contributed by atoms with E-state index >= 15 is 0 Å². The van der Waals surface area contributed by atoms with Crippen LogP contribution in [0.5, 0.6) is 0 Å². The molecule has 0 spiro atoms. The van der Waals surface area contributed by atoms with Gasteiger partial charge in [-0.15, -0.1) is 0 Å². The van der Waals surface area contributed by atoms with E-state index in [4.69, 9.17) is 0 Å². The van der Waals surface area contributed by atoms with E-state index in [2.05, 4.69) is 10.4 Å². The minimum absolute atomic E-state index is 0.0605. The van der Waals surface area contributed by atoms with Crippen LogP contribution in [0.1, 0.15) is 21.6 Å². The maximum atomic E-state index is 13.7. The highest BCUT2D eigenvalue weighted by molar-refractivity contribution is 6.05. The molecule has 0 aliphatic heterocycles. The molecule has 2 aromatic carbocycles. The van der Waals surface area contributed by atoms with Crippen molar-refractivity contribution in [1.29, 1.82) is 0 Å². The summed E-state index contributed by atoms with van der Waals surface area (Å²) >= 11 is 0. The van der Waals surface area contributed by atoms with Crippen LogP contribution in [0.4, 0.5) is 32.0 Å². The van der Waals surface area contributed by atoms with Crippen molar-refractivity contribution in [2.75, 3.05) is 5.32 Å². The molecule has 0 saturated carbocycles. The molecule has 3 rings (SSSR count). The first kappa shape index (κ1) is 19.5. The van der Waals surface area contributed by atoms with Gasteiger partial charge in [-0.25, -0.2) is 17.9 Å². The second-order valence-electron chi connectivity index (χ2n) is 5.78. The van der Waals surface area contributed by atoms with Crippen molar-refractivity contribution in [2.45, 2.75) is 13.1 Å². The topological polar surface area (TPSA) is 46.9 Å². The molecule has 10 heteroatoms. The Morgan fingerprint density at radius 3 is 2.46 bits per heavy atom. The summed E-state index contributed by atoms with van der Waals surface area (Å²) in [6.45, 7) is 1.42. The average molecular weight is 399 g/mol. The van der Waals surface area contributed by atoms with E-state index < -0.39 is 40.8 Å². The van der Waals surface area contributed by atoms with E-state index in [1.54, 1.807) is 0 Å². The molecule has 0 saturated heterocycles. The average Bonchev–Trinajstić information content (AvgIpc) is 3.03. The first-order chi connectivity index (χ1) is 13.1. The van der Waals surface area contributed by atoms with Gasteiger partial charge in [0.15, 0.2) is 17.5 Å². The van der Waals surface area contributed by atoms with Gasteiger partial charge in [0.1, 0.15) is 0 Å². The predicted octanol–water partition coefficient (Wildman–Crippen LogP) is 4.87. The number of nitrogens with one attached hydrogen (secondary N) is 1. The number of aromatic nitrogens is 2. The van der Waals surface area contributed by atoms with Gasteiger partial charge in [-0.3, -0.25) is 4.79 Å². The number of nitrogens with zero attached hydrogens (tertiary/aromatic N) is 2. The molecule has 4 nitrogen and oxygen atoms in total. The summed E-state index contributed by atoms with van der Waals surface area (Å²) < 4.78 is 79.7. The van der Waals surface area contributed by atoms with Gasteiger partial charge in [0.25, 0.3) is 5.91 Å². The lowest BCUT2D eigenvalue weighted by atomic mass is 10.2. The van der Waals surface area contributed by atoms with Crippen LogP contribution in [0, 0.1) is 24.4 Å². The Morgan fingerprint density at radius 2 is 1.79 bits per heavy atom. The van der Waals surface area contributed by atoms with E-state index in [1.165, 1.54) is 19.1 Å². The minimum atomic E-state index is -4.55. The molecular formula is C18H11F6N3O. The monoisotopic (exact) mass is 399 g/mol. The molecular weight excluding hydrogens is 388 g/mol. The summed E-state index contributed by atoms with van der Waals surface area (Å²) in [4.78, 5) is 12.3. The Balaban J connectivity index is 1.91. The van der Waals surface area contributed by atoms with Crippen LogP contribution in [0.25, 0.3) is 5.69 Å². The van der Waals surface area contributed by atoms with Gasteiger partial charge in [0.2, 0.25) is 0 Å². The van der Waals surface area contributed by atoms with Crippen LogP contribution in [-0.2, 0) is 6.18 Å².